The van der Waals surface area contributed by atoms with Gasteiger partial charge in [0.05, 0.1) is 16.9 Å². The van der Waals surface area contributed by atoms with Gasteiger partial charge in [0.2, 0.25) is 5.91 Å². The highest BCUT2D eigenvalue weighted by atomic mass is 32.2. The highest BCUT2D eigenvalue weighted by molar-refractivity contribution is 8.00. The maximum Gasteiger partial charge on any atom is 0.338 e. The minimum Gasteiger partial charge on any atom is -0.478 e. The number of thioether (sulfide) groups is 1. The first kappa shape index (κ1) is 17.4. The molecule has 25 heavy (non-hydrogen) atoms. The predicted molar refractivity (Wildman–Crippen MR) is 95.4 cm³/mol. The fourth-order valence-corrected chi connectivity index (χ4v) is 4.82. The number of carbonyl (C=O) groups excluding carboxylic acids is 2. The number of aryl methyl sites for hydroxylation is 1. The molecule has 2 aromatic rings. The number of fused-ring (bicyclic) bond motifs is 1. The number of thiophene rings is 1. The maximum absolute atomic E-state index is 12.2. The highest BCUT2D eigenvalue weighted by Gasteiger charge is 2.26. The quantitative estimate of drug-likeness (QED) is 0.663. The van der Waals surface area contributed by atoms with Crippen LogP contribution in [0.15, 0.2) is 23.4 Å². The first-order valence-corrected chi connectivity index (χ1v) is 9.33. The van der Waals surface area contributed by atoms with E-state index in [0.717, 1.165) is 41.5 Å². The first-order valence-electron chi connectivity index (χ1n) is 7.52. The number of aromatic carboxylic acids is 1. The van der Waals surface area contributed by atoms with Crippen molar-refractivity contribution in [2.24, 2.45) is 5.73 Å². The summed E-state index contributed by atoms with van der Waals surface area (Å²) in [6, 6.07) is 2.96. The molecule has 3 rings (SSSR count). The van der Waals surface area contributed by atoms with Gasteiger partial charge in [-0.25, -0.2) is 9.78 Å². The zero-order chi connectivity index (χ0) is 18.0. The highest BCUT2D eigenvalue weighted by Crippen LogP contribution is 2.38. The Morgan fingerprint density at radius 2 is 2.16 bits per heavy atom. The van der Waals surface area contributed by atoms with Crippen molar-refractivity contribution >= 4 is 45.9 Å². The van der Waals surface area contributed by atoms with Crippen molar-refractivity contribution in [2.75, 3.05) is 11.1 Å². The lowest BCUT2D eigenvalue weighted by molar-refractivity contribution is -0.113. The number of nitrogens with two attached hydrogens (primary N) is 1. The number of carboxylic acid groups (broad SMARTS) is 1. The van der Waals surface area contributed by atoms with E-state index in [2.05, 4.69) is 10.3 Å². The SMILES string of the molecule is NC(=O)c1c(NC(=O)CSc2ncccc2C(=O)O)sc2c1CCC2. The zero-order valence-electron chi connectivity index (χ0n) is 13.1. The number of nitrogens with one attached hydrogen (secondary N) is 1. The van der Waals surface area contributed by atoms with Crippen molar-refractivity contribution in [1.82, 2.24) is 4.98 Å². The van der Waals surface area contributed by atoms with Crippen LogP contribution in [0.4, 0.5) is 5.00 Å². The van der Waals surface area contributed by atoms with Gasteiger partial charge in [-0.05, 0) is 37.0 Å². The molecule has 0 bridgehead atoms. The van der Waals surface area contributed by atoms with E-state index in [4.69, 9.17) is 10.8 Å². The number of amides is 2. The molecule has 130 valence electrons. The van der Waals surface area contributed by atoms with Gasteiger partial charge in [-0.1, -0.05) is 11.8 Å². The van der Waals surface area contributed by atoms with E-state index in [1.165, 1.54) is 29.7 Å². The Hall–Kier alpha value is -2.39. The van der Waals surface area contributed by atoms with Gasteiger partial charge in [0.25, 0.3) is 5.91 Å². The van der Waals surface area contributed by atoms with Crippen molar-refractivity contribution in [3.05, 3.63) is 39.9 Å². The molecule has 0 radical (unpaired) electrons. The molecule has 1 aliphatic rings. The van der Waals surface area contributed by atoms with Crippen LogP contribution in [-0.2, 0) is 17.6 Å². The minimum atomic E-state index is -1.10. The Bertz CT molecular complexity index is 863. The molecule has 0 atom stereocenters. The molecule has 2 amide bonds. The normalized spacial score (nSPS) is 12.6. The average molecular weight is 377 g/mol. The summed E-state index contributed by atoms with van der Waals surface area (Å²) in [6.45, 7) is 0. The van der Waals surface area contributed by atoms with Crippen molar-refractivity contribution in [1.29, 1.82) is 0 Å². The van der Waals surface area contributed by atoms with Crippen molar-refractivity contribution in [3.63, 3.8) is 0 Å². The van der Waals surface area contributed by atoms with Gasteiger partial charge < -0.3 is 16.2 Å². The van der Waals surface area contributed by atoms with Crippen LogP contribution in [0, 0.1) is 0 Å². The van der Waals surface area contributed by atoms with Gasteiger partial charge in [-0.15, -0.1) is 11.3 Å². The maximum atomic E-state index is 12.2. The second kappa shape index (κ2) is 7.24. The third-order valence-corrected chi connectivity index (χ3v) is 5.97. The van der Waals surface area contributed by atoms with Crippen LogP contribution in [0.5, 0.6) is 0 Å². The number of aromatic nitrogens is 1. The Morgan fingerprint density at radius 1 is 1.36 bits per heavy atom. The largest absolute Gasteiger partial charge is 0.478 e. The summed E-state index contributed by atoms with van der Waals surface area (Å²) in [5.74, 6) is -1.99. The molecule has 0 aromatic carbocycles. The summed E-state index contributed by atoms with van der Waals surface area (Å²) in [5.41, 5.74) is 6.86. The molecular weight excluding hydrogens is 362 g/mol. The molecule has 0 saturated heterocycles. The smallest absolute Gasteiger partial charge is 0.338 e. The van der Waals surface area contributed by atoms with Crippen LogP contribution in [0.3, 0.4) is 0 Å². The number of rotatable bonds is 6. The summed E-state index contributed by atoms with van der Waals surface area (Å²) in [7, 11) is 0. The second-order valence-corrected chi connectivity index (χ2v) is 7.49. The molecule has 2 heterocycles. The number of carboxylic acids is 1. The summed E-state index contributed by atoms with van der Waals surface area (Å²) in [6.07, 6.45) is 4.15. The summed E-state index contributed by atoms with van der Waals surface area (Å²) in [4.78, 5) is 40.2. The van der Waals surface area contributed by atoms with Crippen LogP contribution < -0.4 is 11.1 Å². The van der Waals surface area contributed by atoms with Gasteiger partial charge >= 0.3 is 5.97 Å². The number of anilines is 1. The lowest BCUT2D eigenvalue weighted by Gasteiger charge is -2.07. The van der Waals surface area contributed by atoms with Crippen molar-refractivity contribution in [3.8, 4) is 0 Å². The van der Waals surface area contributed by atoms with Crippen LogP contribution in [-0.4, -0.2) is 33.6 Å². The Labute approximate surface area is 151 Å². The third kappa shape index (κ3) is 3.67. The molecule has 7 nitrogen and oxygen atoms in total. The van der Waals surface area contributed by atoms with Crippen molar-refractivity contribution < 1.29 is 19.5 Å². The van der Waals surface area contributed by atoms with Crippen LogP contribution >= 0.6 is 23.1 Å². The third-order valence-electron chi connectivity index (χ3n) is 3.76. The monoisotopic (exact) mass is 377 g/mol. The topological polar surface area (TPSA) is 122 Å². The summed E-state index contributed by atoms with van der Waals surface area (Å²) in [5, 5.41) is 12.6. The molecule has 0 saturated carbocycles. The fraction of sp³-hybridized carbons (Fsp3) is 0.250. The van der Waals surface area contributed by atoms with Crippen molar-refractivity contribution in [2.45, 2.75) is 24.3 Å². The lowest BCUT2D eigenvalue weighted by atomic mass is 10.1. The minimum absolute atomic E-state index is 0.0158. The number of hydrogen-bond acceptors (Lipinski definition) is 6. The summed E-state index contributed by atoms with van der Waals surface area (Å²) < 4.78 is 0. The van der Waals surface area contributed by atoms with E-state index in [-0.39, 0.29) is 22.2 Å². The fourth-order valence-electron chi connectivity index (χ4n) is 2.72. The predicted octanol–water partition coefficient (Wildman–Crippen LogP) is 2.16. The second-order valence-electron chi connectivity index (χ2n) is 5.42. The molecule has 0 unspecified atom stereocenters. The zero-order valence-corrected chi connectivity index (χ0v) is 14.7. The molecule has 0 aliphatic heterocycles. The molecule has 1 aliphatic carbocycles. The van der Waals surface area contributed by atoms with Gasteiger partial charge in [0.15, 0.2) is 0 Å². The number of nitrogens with zero attached hydrogens (tertiary/aromatic N) is 1. The van der Waals surface area contributed by atoms with Gasteiger partial charge in [-0.3, -0.25) is 9.59 Å². The first-order chi connectivity index (χ1) is 12.0. The molecule has 9 heteroatoms. The number of pyridine rings is 1. The van der Waals surface area contributed by atoms with E-state index >= 15 is 0 Å². The van der Waals surface area contributed by atoms with E-state index in [1.54, 1.807) is 0 Å². The van der Waals surface area contributed by atoms with Gasteiger partial charge in [0, 0.05) is 11.1 Å². The molecule has 2 aromatic heterocycles. The Kier molecular flexibility index (Phi) is 5.05. The number of hydrogen-bond donors (Lipinski definition) is 3. The number of carbonyl (C=O) groups is 3. The van der Waals surface area contributed by atoms with Crippen LogP contribution in [0.2, 0.25) is 0 Å². The number of primary amides is 1. The van der Waals surface area contributed by atoms with E-state index in [0.29, 0.717) is 10.6 Å². The lowest BCUT2D eigenvalue weighted by Crippen LogP contribution is -2.19. The molecule has 4 N–H and O–H groups in total. The van der Waals surface area contributed by atoms with Gasteiger partial charge in [0.1, 0.15) is 10.0 Å². The summed E-state index contributed by atoms with van der Waals surface area (Å²) >= 11 is 2.42. The van der Waals surface area contributed by atoms with Gasteiger partial charge in [-0.2, -0.15) is 0 Å². The average Bonchev–Trinajstić information content (AvgIpc) is 3.13. The Morgan fingerprint density at radius 3 is 2.88 bits per heavy atom. The molecule has 0 spiro atoms. The standard InChI is InChI=1S/C16H15N3O4S2/c17-13(21)12-8-3-1-5-10(8)25-15(12)19-11(20)7-24-14-9(16(22)23)4-2-6-18-14/h2,4,6H,1,3,5,7H2,(H2,17,21)(H,19,20)(H,22,23). The van der Waals surface area contributed by atoms with E-state index < -0.39 is 11.9 Å². The van der Waals surface area contributed by atoms with Crippen LogP contribution in [0.1, 0.15) is 37.6 Å². The van der Waals surface area contributed by atoms with Crippen LogP contribution in [0.25, 0.3) is 0 Å². The Balaban J connectivity index is 1.70. The van der Waals surface area contributed by atoms with E-state index in [9.17, 15) is 14.4 Å². The van der Waals surface area contributed by atoms with E-state index in [1.807, 2.05) is 0 Å². The molecule has 0 fully saturated rings. The molecular formula is C16H15N3O4S2.